The number of benzene rings is 1. The van der Waals surface area contributed by atoms with E-state index in [2.05, 4.69) is 19.1 Å². The van der Waals surface area contributed by atoms with Gasteiger partial charge in [-0.2, -0.15) is 0 Å². The van der Waals surface area contributed by atoms with Crippen molar-refractivity contribution in [2.24, 2.45) is 0 Å². The van der Waals surface area contributed by atoms with Crippen LogP contribution in [-0.4, -0.2) is 17.8 Å². The largest absolute Gasteiger partial charge is 0.389 e. The van der Waals surface area contributed by atoms with Gasteiger partial charge in [0.05, 0.1) is 12.7 Å². The Morgan fingerprint density at radius 3 is 2.75 bits per heavy atom. The lowest BCUT2D eigenvalue weighted by atomic mass is 9.87. The molecule has 20 heavy (non-hydrogen) atoms. The molecular formula is C18H26O2. The van der Waals surface area contributed by atoms with Crippen LogP contribution in [0.1, 0.15) is 51.0 Å². The van der Waals surface area contributed by atoms with Gasteiger partial charge < -0.3 is 9.84 Å². The van der Waals surface area contributed by atoms with Gasteiger partial charge in [0, 0.05) is 6.61 Å². The molecule has 1 aliphatic carbocycles. The van der Waals surface area contributed by atoms with E-state index in [-0.39, 0.29) is 6.10 Å². The van der Waals surface area contributed by atoms with Crippen molar-refractivity contribution in [2.75, 3.05) is 6.61 Å². The third-order valence-electron chi connectivity index (χ3n) is 4.08. The predicted octanol–water partition coefficient (Wildman–Crippen LogP) is 4.23. The highest BCUT2D eigenvalue weighted by molar-refractivity contribution is 5.19. The number of unbranched alkanes of at least 4 members (excludes halogenated alkanes) is 1. The van der Waals surface area contributed by atoms with E-state index in [0.717, 1.165) is 45.1 Å². The van der Waals surface area contributed by atoms with Crippen molar-refractivity contribution in [3.63, 3.8) is 0 Å². The van der Waals surface area contributed by atoms with Gasteiger partial charge in [-0.1, -0.05) is 35.9 Å². The molecule has 1 aliphatic rings. The lowest BCUT2D eigenvalue weighted by molar-refractivity contribution is 0.116. The fourth-order valence-corrected chi connectivity index (χ4v) is 2.84. The van der Waals surface area contributed by atoms with Gasteiger partial charge >= 0.3 is 0 Å². The van der Waals surface area contributed by atoms with Crippen molar-refractivity contribution in [3.8, 4) is 0 Å². The summed E-state index contributed by atoms with van der Waals surface area (Å²) in [6.45, 7) is 3.67. The summed E-state index contributed by atoms with van der Waals surface area (Å²) in [6, 6.07) is 10.3. The summed E-state index contributed by atoms with van der Waals surface area (Å²) in [5.74, 6) is 0. The van der Waals surface area contributed by atoms with Crippen LogP contribution < -0.4 is 0 Å². The molecule has 0 fully saturated rings. The molecule has 1 unspecified atom stereocenters. The molecule has 0 heterocycles. The fraction of sp³-hybridized carbons (Fsp3) is 0.556. The third kappa shape index (κ3) is 4.77. The van der Waals surface area contributed by atoms with E-state index >= 15 is 0 Å². The van der Waals surface area contributed by atoms with E-state index in [0.29, 0.717) is 6.61 Å². The number of hydrogen-bond donors (Lipinski definition) is 1. The molecule has 0 saturated heterocycles. The summed E-state index contributed by atoms with van der Waals surface area (Å²) in [7, 11) is 0. The van der Waals surface area contributed by atoms with Crippen LogP contribution in [0.5, 0.6) is 0 Å². The number of ether oxygens (including phenoxy) is 1. The van der Waals surface area contributed by atoms with E-state index in [4.69, 9.17) is 4.74 Å². The van der Waals surface area contributed by atoms with Crippen molar-refractivity contribution in [2.45, 2.75) is 58.2 Å². The van der Waals surface area contributed by atoms with Gasteiger partial charge in [0.25, 0.3) is 0 Å². The third-order valence-corrected chi connectivity index (χ3v) is 4.08. The zero-order valence-corrected chi connectivity index (χ0v) is 12.5. The molecule has 0 saturated carbocycles. The van der Waals surface area contributed by atoms with E-state index in [9.17, 15) is 5.11 Å². The van der Waals surface area contributed by atoms with Crippen molar-refractivity contribution in [3.05, 3.63) is 47.0 Å². The van der Waals surface area contributed by atoms with Crippen LogP contribution in [0.15, 0.2) is 41.5 Å². The minimum Gasteiger partial charge on any atom is -0.389 e. The maximum atomic E-state index is 10.0. The normalized spacial score (nSPS) is 19.4. The zero-order valence-electron chi connectivity index (χ0n) is 12.5. The Morgan fingerprint density at radius 2 is 2.00 bits per heavy atom. The lowest BCUT2D eigenvalue weighted by Crippen LogP contribution is -2.16. The van der Waals surface area contributed by atoms with Crippen molar-refractivity contribution < 1.29 is 9.84 Å². The lowest BCUT2D eigenvalue weighted by Gasteiger charge is -2.23. The van der Waals surface area contributed by atoms with E-state index in [1.165, 1.54) is 16.7 Å². The summed E-state index contributed by atoms with van der Waals surface area (Å²) in [5.41, 5.74) is 3.93. The zero-order chi connectivity index (χ0) is 14.2. The van der Waals surface area contributed by atoms with Gasteiger partial charge in [0.15, 0.2) is 0 Å². The number of aliphatic hydroxyl groups excluding tert-OH is 1. The standard InChI is InChI=1S/C18H26O2/c1-15-8-7-12-18(19)17(15)11-5-6-13-20-14-16-9-3-2-4-10-16/h2-4,9-10,18-19H,5-8,11-14H2,1H3. The molecule has 2 nitrogen and oxygen atoms in total. The fourth-order valence-electron chi connectivity index (χ4n) is 2.84. The Bertz CT molecular complexity index is 422. The number of hydrogen-bond acceptors (Lipinski definition) is 2. The highest BCUT2D eigenvalue weighted by Gasteiger charge is 2.17. The first-order valence-corrected chi connectivity index (χ1v) is 7.75. The summed E-state index contributed by atoms with van der Waals surface area (Å²) >= 11 is 0. The molecular weight excluding hydrogens is 248 g/mol. The summed E-state index contributed by atoms with van der Waals surface area (Å²) < 4.78 is 5.68. The summed E-state index contributed by atoms with van der Waals surface area (Å²) in [5, 5.41) is 10.0. The SMILES string of the molecule is CC1=C(CCCCOCc2ccccc2)C(O)CCC1. The maximum Gasteiger partial charge on any atom is 0.0752 e. The smallest absolute Gasteiger partial charge is 0.0752 e. The first-order chi connectivity index (χ1) is 9.77. The molecule has 0 amide bonds. The van der Waals surface area contributed by atoms with Crippen LogP contribution in [0.4, 0.5) is 0 Å². The first-order valence-electron chi connectivity index (χ1n) is 7.75. The number of rotatable bonds is 7. The van der Waals surface area contributed by atoms with E-state index in [1.54, 1.807) is 0 Å². The monoisotopic (exact) mass is 274 g/mol. The Morgan fingerprint density at radius 1 is 1.20 bits per heavy atom. The molecule has 0 spiro atoms. The number of allylic oxidation sites excluding steroid dienone is 1. The molecule has 2 heteroatoms. The topological polar surface area (TPSA) is 29.5 Å². The minimum absolute atomic E-state index is 0.186. The Kier molecular flexibility index (Phi) is 6.28. The van der Waals surface area contributed by atoms with Crippen molar-refractivity contribution in [1.29, 1.82) is 0 Å². The van der Waals surface area contributed by atoms with Gasteiger partial charge in [-0.15, -0.1) is 0 Å². The molecule has 1 N–H and O–H groups in total. The predicted molar refractivity (Wildman–Crippen MR) is 82.5 cm³/mol. The molecule has 0 bridgehead atoms. The molecule has 1 aromatic carbocycles. The second kappa shape index (κ2) is 8.23. The Balaban J connectivity index is 1.60. The van der Waals surface area contributed by atoms with Gasteiger partial charge in [-0.25, -0.2) is 0 Å². The van der Waals surface area contributed by atoms with Gasteiger partial charge in [-0.3, -0.25) is 0 Å². The van der Waals surface area contributed by atoms with Crippen molar-refractivity contribution in [1.82, 2.24) is 0 Å². The van der Waals surface area contributed by atoms with Crippen LogP contribution in [0.2, 0.25) is 0 Å². The van der Waals surface area contributed by atoms with E-state index < -0.39 is 0 Å². The maximum absolute atomic E-state index is 10.0. The molecule has 110 valence electrons. The Labute approximate surface area is 122 Å². The molecule has 1 atom stereocenters. The van der Waals surface area contributed by atoms with Crippen LogP contribution >= 0.6 is 0 Å². The number of aliphatic hydroxyl groups is 1. The molecule has 2 rings (SSSR count). The second-order valence-electron chi connectivity index (χ2n) is 5.71. The minimum atomic E-state index is -0.186. The first kappa shape index (κ1) is 15.3. The van der Waals surface area contributed by atoms with Gasteiger partial charge in [-0.05, 0) is 56.6 Å². The molecule has 1 aromatic rings. The van der Waals surface area contributed by atoms with Gasteiger partial charge in [0.1, 0.15) is 0 Å². The van der Waals surface area contributed by atoms with Crippen LogP contribution in [0, 0.1) is 0 Å². The molecule has 0 radical (unpaired) electrons. The average molecular weight is 274 g/mol. The highest BCUT2D eigenvalue weighted by Crippen LogP contribution is 2.28. The molecule has 0 aliphatic heterocycles. The van der Waals surface area contributed by atoms with Gasteiger partial charge in [0.2, 0.25) is 0 Å². The highest BCUT2D eigenvalue weighted by atomic mass is 16.5. The van der Waals surface area contributed by atoms with Crippen LogP contribution in [0.25, 0.3) is 0 Å². The Hall–Kier alpha value is -1.12. The summed E-state index contributed by atoms with van der Waals surface area (Å²) in [4.78, 5) is 0. The van der Waals surface area contributed by atoms with Crippen LogP contribution in [0.3, 0.4) is 0 Å². The summed E-state index contributed by atoms with van der Waals surface area (Å²) in [6.07, 6.45) is 6.26. The average Bonchev–Trinajstić information content (AvgIpc) is 2.46. The molecule has 0 aromatic heterocycles. The second-order valence-corrected chi connectivity index (χ2v) is 5.71. The van der Waals surface area contributed by atoms with Crippen molar-refractivity contribution >= 4 is 0 Å². The quantitative estimate of drug-likeness (QED) is 0.595. The van der Waals surface area contributed by atoms with Crippen LogP contribution in [-0.2, 0) is 11.3 Å². The van der Waals surface area contributed by atoms with E-state index in [1.807, 2.05) is 18.2 Å².